The number of rotatable bonds is 4. The quantitative estimate of drug-likeness (QED) is 0.601. The van der Waals surface area contributed by atoms with Crippen molar-refractivity contribution in [2.75, 3.05) is 31.1 Å². The Morgan fingerprint density at radius 3 is 2.61 bits per heavy atom. The van der Waals surface area contributed by atoms with E-state index in [-0.39, 0.29) is 30.0 Å². The van der Waals surface area contributed by atoms with Gasteiger partial charge in [0, 0.05) is 56.9 Å². The summed E-state index contributed by atoms with van der Waals surface area (Å²) in [7, 11) is 0. The molecule has 0 bridgehead atoms. The number of amides is 2. The van der Waals surface area contributed by atoms with Crippen LogP contribution in [0, 0.1) is 11.2 Å². The Morgan fingerprint density at radius 1 is 1.06 bits per heavy atom. The molecule has 2 aromatic carbocycles. The summed E-state index contributed by atoms with van der Waals surface area (Å²) in [5.41, 5.74) is 2.97. The van der Waals surface area contributed by atoms with Crippen molar-refractivity contribution in [2.45, 2.75) is 51.4 Å². The maximum atomic E-state index is 13.5. The van der Waals surface area contributed by atoms with Crippen LogP contribution in [-0.2, 0) is 6.54 Å². The van der Waals surface area contributed by atoms with Gasteiger partial charge in [-0.25, -0.2) is 14.2 Å². The molecule has 1 spiro atoms. The highest BCUT2D eigenvalue weighted by Gasteiger charge is 2.52. The Bertz CT molecular complexity index is 1260. The summed E-state index contributed by atoms with van der Waals surface area (Å²) in [6, 6.07) is 15.5. The van der Waals surface area contributed by atoms with Crippen LogP contribution in [0.15, 0.2) is 54.7 Å². The second kappa shape index (κ2) is 9.00. The van der Waals surface area contributed by atoms with Gasteiger partial charge in [0.25, 0.3) is 0 Å². The Hall–Kier alpha value is -3.26. The molecule has 3 heterocycles. The van der Waals surface area contributed by atoms with Gasteiger partial charge in [-0.3, -0.25) is 9.88 Å². The third kappa shape index (κ3) is 4.39. The Labute approximate surface area is 211 Å². The summed E-state index contributed by atoms with van der Waals surface area (Å²) in [5, 5.41) is 3.30. The molecule has 2 saturated heterocycles. The lowest BCUT2D eigenvalue weighted by molar-refractivity contribution is -0.0811. The monoisotopic (exact) mass is 488 g/mol. The van der Waals surface area contributed by atoms with Crippen LogP contribution in [-0.4, -0.2) is 70.1 Å². The molecule has 2 amide bonds. The molecule has 3 aromatic rings. The van der Waals surface area contributed by atoms with Gasteiger partial charge in [0.2, 0.25) is 0 Å². The van der Waals surface area contributed by atoms with Crippen molar-refractivity contribution in [1.82, 2.24) is 25.1 Å². The predicted molar refractivity (Wildman–Crippen MR) is 138 cm³/mol. The molecule has 1 N–H and O–H groups in total. The van der Waals surface area contributed by atoms with Crippen molar-refractivity contribution in [3.05, 3.63) is 66.1 Å². The number of likely N-dealkylation sites (tertiary alicyclic amines) is 1. The van der Waals surface area contributed by atoms with Gasteiger partial charge >= 0.3 is 6.03 Å². The molecule has 0 unspecified atom stereocenters. The maximum absolute atomic E-state index is 13.5. The van der Waals surface area contributed by atoms with Crippen molar-refractivity contribution in [3.8, 4) is 0 Å². The zero-order chi connectivity index (χ0) is 24.9. The number of carbonyl (C=O) groups excluding carboxylic acids is 1. The van der Waals surface area contributed by atoms with Gasteiger partial charge in [0.1, 0.15) is 11.6 Å². The van der Waals surface area contributed by atoms with E-state index in [0.717, 1.165) is 38.3 Å². The summed E-state index contributed by atoms with van der Waals surface area (Å²) in [4.78, 5) is 28.9. The molecule has 7 nitrogen and oxygen atoms in total. The van der Waals surface area contributed by atoms with E-state index in [1.807, 2.05) is 4.90 Å². The first-order valence-corrected chi connectivity index (χ1v) is 12.9. The Morgan fingerprint density at radius 2 is 1.83 bits per heavy atom. The fourth-order valence-electron chi connectivity index (χ4n) is 6.30. The number of benzene rings is 2. The average molecular weight is 489 g/mol. The third-order valence-electron chi connectivity index (χ3n) is 8.09. The highest BCUT2D eigenvalue weighted by atomic mass is 19.1. The topological polar surface area (TPSA) is 64.6 Å². The van der Waals surface area contributed by atoms with Crippen LogP contribution in [0.3, 0.4) is 0 Å². The number of hydrogen-bond donors (Lipinski definition) is 1. The van der Waals surface area contributed by atoms with Crippen LogP contribution in [0.2, 0.25) is 0 Å². The minimum atomic E-state index is -0.314. The van der Waals surface area contributed by atoms with Crippen LogP contribution in [0.5, 0.6) is 0 Å². The highest BCUT2D eigenvalue weighted by Crippen LogP contribution is 2.48. The van der Waals surface area contributed by atoms with Crippen LogP contribution >= 0.6 is 0 Å². The molecule has 188 valence electrons. The van der Waals surface area contributed by atoms with Crippen molar-refractivity contribution < 1.29 is 9.18 Å². The van der Waals surface area contributed by atoms with Gasteiger partial charge in [-0.1, -0.05) is 30.3 Å². The molecule has 1 saturated carbocycles. The van der Waals surface area contributed by atoms with E-state index in [4.69, 9.17) is 4.98 Å². The molecule has 0 radical (unpaired) electrons. The largest absolute Gasteiger partial charge is 0.349 e. The smallest absolute Gasteiger partial charge is 0.317 e. The first-order chi connectivity index (χ1) is 17.4. The number of carbonyl (C=O) groups is 1. The van der Waals surface area contributed by atoms with E-state index >= 15 is 0 Å². The molecule has 6 rings (SSSR count). The molecule has 8 heteroatoms. The van der Waals surface area contributed by atoms with E-state index in [2.05, 4.69) is 64.3 Å². The summed E-state index contributed by atoms with van der Waals surface area (Å²) in [6.07, 6.45) is 3.84. The molecule has 36 heavy (non-hydrogen) atoms. The summed E-state index contributed by atoms with van der Waals surface area (Å²) < 4.78 is 13.5. The van der Waals surface area contributed by atoms with Crippen molar-refractivity contribution in [1.29, 1.82) is 0 Å². The van der Waals surface area contributed by atoms with E-state index in [1.54, 1.807) is 12.3 Å². The van der Waals surface area contributed by atoms with Crippen LogP contribution in [0.25, 0.3) is 11.0 Å². The zero-order valence-electron chi connectivity index (χ0n) is 20.9. The molecule has 2 aliphatic heterocycles. The third-order valence-corrected chi connectivity index (χ3v) is 8.09. The van der Waals surface area contributed by atoms with Gasteiger partial charge in [-0.15, -0.1) is 0 Å². The summed E-state index contributed by atoms with van der Waals surface area (Å²) in [6.45, 7) is 8.75. The molecule has 2 atom stereocenters. The standard InChI is InChI=1S/C28H33FN6O/c1-19-15-35(20(2)14-34(19)26-13-30-25-10-22(29)8-9-24(25)32-26)27(36)31-23-11-28(12-23)17-33(18-28)16-21-6-4-3-5-7-21/h3-10,13,19-20,23H,11-12,14-18H2,1-2H3,(H,31,36)/t19-,20+/m0/s1. The van der Waals surface area contributed by atoms with E-state index < -0.39 is 0 Å². The molecule has 1 aliphatic carbocycles. The number of urea groups is 1. The normalized spacial score (nSPS) is 24.0. The van der Waals surface area contributed by atoms with Crippen molar-refractivity contribution in [3.63, 3.8) is 0 Å². The summed E-state index contributed by atoms with van der Waals surface area (Å²) >= 11 is 0. The average Bonchev–Trinajstić information content (AvgIpc) is 2.82. The lowest BCUT2D eigenvalue weighted by atomic mass is 9.60. The highest BCUT2D eigenvalue weighted by molar-refractivity contribution is 5.77. The minimum absolute atomic E-state index is 0.0365. The number of anilines is 1. The number of fused-ring (bicyclic) bond motifs is 1. The van der Waals surface area contributed by atoms with Crippen molar-refractivity contribution in [2.24, 2.45) is 5.41 Å². The Balaban J connectivity index is 1.01. The van der Waals surface area contributed by atoms with Gasteiger partial charge in [0.15, 0.2) is 0 Å². The summed E-state index contributed by atoms with van der Waals surface area (Å²) in [5.74, 6) is 0.449. The minimum Gasteiger partial charge on any atom is -0.349 e. The zero-order valence-corrected chi connectivity index (χ0v) is 20.9. The first kappa shape index (κ1) is 23.2. The van der Waals surface area contributed by atoms with Gasteiger partial charge < -0.3 is 15.1 Å². The predicted octanol–water partition coefficient (Wildman–Crippen LogP) is 4.04. The van der Waals surface area contributed by atoms with Crippen LogP contribution in [0.4, 0.5) is 15.0 Å². The fraction of sp³-hybridized carbons (Fsp3) is 0.464. The number of halogens is 1. The lowest BCUT2D eigenvalue weighted by Gasteiger charge is -2.59. The first-order valence-electron chi connectivity index (χ1n) is 12.9. The lowest BCUT2D eigenvalue weighted by Crippen LogP contribution is -2.68. The van der Waals surface area contributed by atoms with Gasteiger partial charge in [-0.2, -0.15) is 0 Å². The number of piperazine rings is 1. The number of aromatic nitrogens is 2. The molecular weight excluding hydrogens is 455 g/mol. The van der Waals surface area contributed by atoms with E-state index in [0.29, 0.717) is 29.5 Å². The molecule has 3 fully saturated rings. The number of nitrogens with zero attached hydrogens (tertiary/aromatic N) is 5. The second-order valence-electron chi connectivity index (χ2n) is 11.0. The van der Waals surface area contributed by atoms with Gasteiger partial charge in [-0.05, 0) is 49.8 Å². The van der Waals surface area contributed by atoms with Crippen molar-refractivity contribution >= 4 is 22.9 Å². The van der Waals surface area contributed by atoms with Crippen LogP contribution in [0.1, 0.15) is 32.3 Å². The fourth-order valence-corrected chi connectivity index (χ4v) is 6.30. The molecular formula is C28H33FN6O. The molecule has 3 aliphatic rings. The van der Waals surface area contributed by atoms with Crippen LogP contribution < -0.4 is 10.2 Å². The van der Waals surface area contributed by atoms with E-state index in [1.165, 1.54) is 17.7 Å². The molecule has 1 aromatic heterocycles. The number of nitrogens with one attached hydrogen (secondary N) is 1. The number of hydrogen-bond acceptors (Lipinski definition) is 5. The SMILES string of the molecule is C[C@@H]1CN(c2cnc3cc(F)ccc3n2)[C@@H](C)CN1C(=O)NC1CC2(C1)CN(Cc1ccccc1)C2. The maximum Gasteiger partial charge on any atom is 0.317 e. The van der Waals surface area contributed by atoms with Gasteiger partial charge in [0.05, 0.1) is 17.2 Å². The van der Waals surface area contributed by atoms with E-state index in [9.17, 15) is 9.18 Å². The Kier molecular flexibility index (Phi) is 5.79. The second-order valence-corrected chi connectivity index (χ2v) is 11.0.